The summed E-state index contributed by atoms with van der Waals surface area (Å²) in [6.45, 7) is 1.81. The molecule has 0 atom stereocenters. The number of thioether (sulfide) groups is 1. The van der Waals surface area contributed by atoms with E-state index in [0.717, 1.165) is 24.5 Å². The lowest BCUT2D eigenvalue weighted by atomic mass is 10.3. The minimum Gasteiger partial charge on any atom is -0.310 e. The van der Waals surface area contributed by atoms with E-state index in [1.165, 1.54) is 4.90 Å². The zero-order valence-corrected chi connectivity index (χ0v) is 10.4. The largest absolute Gasteiger partial charge is 0.310 e. The standard InChI is InChI=1S/C13H15N3S/c1-2-6-16-12(3-1)11-15-9-10-17-13-4-7-14-8-5-13/h1-8,15H,9-11H2. The summed E-state index contributed by atoms with van der Waals surface area (Å²) in [6, 6.07) is 10.0. The topological polar surface area (TPSA) is 37.8 Å². The van der Waals surface area contributed by atoms with Crippen LogP contribution in [0.1, 0.15) is 5.69 Å². The highest BCUT2D eigenvalue weighted by atomic mass is 32.2. The van der Waals surface area contributed by atoms with Crippen LogP contribution < -0.4 is 5.32 Å². The summed E-state index contributed by atoms with van der Waals surface area (Å²) < 4.78 is 0. The van der Waals surface area contributed by atoms with Crippen LogP contribution in [0, 0.1) is 0 Å². The van der Waals surface area contributed by atoms with E-state index < -0.39 is 0 Å². The van der Waals surface area contributed by atoms with Gasteiger partial charge in [0, 0.05) is 42.3 Å². The maximum atomic E-state index is 4.26. The van der Waals surface area contributed by atoms with Gasteiger partial charge < -0.3 is 5.32 Å². The SMILES string of the molecule is c1ccc(CNCCSc2ccncc2)nc1. The minimum atomic E-state index is 0.831. The summed E-state index contributed by atoms with van der Waals surface area (Å²) >= 11 is 1.83. The molecule has 3 nitrogen and oxygen atoms in total. The number of nitrogens with zero attached hydrogens (tertiary/aromatic N) is 2. The molecule has 0 aliphatic heterocycles. The average molecular weight is 245 g/mol. The summed E-state index contributed by atoms with van der Waals surface area (Å²) in [7, 11) is 0. The Hall–Kier alpha value is -1.39. The molecule has 2 rings (SSSR count). The van der Waals surface area contributed by atoms with Crippen LogP contribution in [0.15, 0.2) is 53.8 Å². The zero-order chi connectivity index (χ0) is 11.8. The van der Waals surface area contributed by atoms with Crippen LogP contribution in [-0.4, -0.2) is 22.3 Å². The van der Waals surface area contributed by atoms with E-state index in [9.17, 15) is 0 Å². The molecule has 0 radical (unpaired) electrons. The van der Waals surface area contributed by atoms with Gasteiger partial charge in [-0.05, 0) is 24.3 Å². The molecule has 0 bridgehead atoms. The lowest BCUT2D eigenvalue weighted by Crippen LogP contribution is -2.17. The average Bonchev–Trinajstić information content (AvgIpc) is 2.41. The lowest BCUT2D eigenvalue weighted by molar-refractivity contribution is 0.715. The summed E-state index contributed by atoms with van der Waals surface area (Å²) in [5, 5.41) is 3.37. The Morgan fingerprint density at radius 3 is 2.71 bits per heavy atom. The van der Waals surface area contributed by atoms with Crippen LogP contribution in [0.2, 0.25) is 0 Å². The Morgan fingerprint density at radius 2 is 1.94 bits per heavy atom. The molecular formula is C13H15N3S. The normalized spacial score (nSPS) is 10.4. The van der Waals surface area contributed by atoms with E-state index in [2.05, 4.69) is 15.3 Å². The number of aromatic nitrogens is 2. The molecule has 17 heavy (non-hydrogen) atoms. The number of hydrogen-bond acceptors (Lipinski definition) is 4. The number of pyridine rings is 2. The van der Waals surface area contributed by atoms with E-state index >= 15 is 0 Å². The van der Waals surface area contributed by atoms with Crippen molar-refractivity contribution in [3.8, 4) is 0 Å². The first-order valence-electron chi connectivity index (χ1n) is 5.58. The van der Waals surface area contributed by atoms with Gasteiger partial charge in [-0.15, -0.1) is 11.8 Å². The predicted octanol–water partition coefficient (Wildman–Crippen LogP) is 2.36. The van der Waals surface area contributed by atoms with Gasteiger partial charge in [-0.1, -0.05) is 6.07 Å². The molecule has 1 N–H and O–H groups in total. The van der Waals surface area contributed by atoms with Crippen molar-refractivity contribution >= 4 is 11.8 Å². The summed E-state index contributed by atoms with van der Waals surface area (Å²) in [6.07, 6.45) is 5.47. The first kappa shape index (κ1) is 12.1. The molecule has 2 heterocycles. The second-order valence-corrected chi connectivity index (χ2v) is 4.70. The highest BCUT2D eigenvalue weighted by Crippen LogP contribution is 2.14. The Kier molecular flexibility index (Phi) is 5.00. The third-order valence-electron chi connectivity index (χ3n) is 2.23. The van der Waals surface area contributed by atoms with E-state index in [-0.39, 0.29) is 0 Å². The van der Waals surface area contributed by atoms with Crippen molar-refractivity contribution in [1.29, 1.82) is 0 Å². The van der Waals surface area contributed by atoms with Crippen molar-refractivity contribution in [2.75, 3.05) is 12.3 Å². The zero-order valence-electron chi connectivity index (χ0n) is 9.54. The van der Waals surface area contributed by atoms with Gasteiger partial charge in [0.25, 0.3) is 0 Å². The third-order valence-corrected chi connectivity index (χ3v) is 3.24. The Balaban J connectivity index is 1.61. The van der Waals surface area contributed by atoms with Crippen molar-refractivity contribution in [1.82, 2.24) is 15.3 Å². The van der Waals surface area contributed by atoms with E-state index in [0.29, 0.717) is 0 Å². The third kappa shape index (κ3) is 4.54. The van der Waals surface area contributed by atoms with Gasteiger partial charge in [-0.25, -0.2) is 0 Å². The second kappa shape index (κ2) is 7.04. The molecular weight excluding hydrogens is 230 g/mol. The van der Waals surface area contributed by atoms with E-state index in [1.54, 1.807) is 0 Å². The van der Waals surface area contributed by atoms with Crippen LogP contribution in [0.5, 0.6) is 0 Å². The molecule has 2 aromatic rings. The first-order chi connectivity index (χ1) is 8.45. The molecule has 0 saturated heterocycles. The van der Waals surface area contributed by atoms with E-state index in [4.69, 9.17) is 0 Å². The molecule has 88 valence electrons. The first-order valence-corrected chi connectivity index (χ1v) is 6.57. The van der Waals surface area contributed by atoms with Gasteiger partial charge in [-0.2, -0.15) is 0 Å². The quantitative estimate of drug-likeness (QED) is 0.626. The van der Waals surface area contributed by atoms with Gasteiger partial charge in [-0.3, -0.25) is 9.97 Å². The molecule has 0 fully saturated rings. The maximum absolute atomic E-state index is 4.26. The van der Waals surface area contributed by atoms with Crippen molar-refractivity contribution in [3.05, 3.63) is 54.6 Å². The summed E-state index contributed by atoms with van der Waals surface area (Å²) in [4.78, 5) is 9.51. The fraction of sp³-hybridized carbons (Fsp3) is 0.231. The molecule has 0 spiro atoms. The van der Waals surface area contributed by atoms with Crippen LogP contribution >= 0.6 is 11.8 Å². The predicted molar refractivity (Wildman–Crippen MR) is 70.9 cm³/mol. The van der Waals surface area contributed by atoms with E-state index in [1.807, 2.05) is 60.7 Å². The Bertz CT molecular complexity index is 378. The molecule has 4 heteroatoms. The molecule has 0 saturated carbocycles. The fourth-order valence-electron chi connectivity index (χ4n) is 1.39. The van der Waals surface area contributed by atoms with Gasteiger partial charge >= 0.3 is 0 Å². The molecule has 2 aromatic heterocycles. The van der Waals surface area contributed by atoms with Crippen molar-refractivity contribution in [3.63, 3.8) is 0 Å². The molecule has 0 aliphatic rings. The minimum absolute atomic E-state index is 0.831. The molecule has 0 aliphatic carbocycles. The number of hydrogen-bond donors (Lipinski definition) is 1. The Morgan fingerprint density at radius 1 is 1.06 bits per heavy atom. The highest BCUT2D eigenvalue weighted by Gasteiger charge is 1.94. The molecule has 0 amide bonds. The number of nitrogens with one attached hydrogen (secondary N) is 1. The highest BCUT2D eigenvalue weighted by molar-refractivity contribution is 7.99. The van der Waals surface area contributed by atoms with Crippen LogP contribution in [0.4, 0.5) is 0 Å². The van der Waals surface area contributed by atoms with Crippen molar-refractivity contribution in [2.24, 2.45) is 0 Å². The van der Waals surface area contributed by atoms with Crippen LogP contribution in [0.25, 0.3) is 0 Å². The smallest absolute Gasteiger partial charge is 0.0541 e. The van der Waals surface area contributed by atoms with Gasteiger partial charge in [0.1, 0.15) is 0 Å². The van der Waals surface area contributed by atoms with Crippen LogP contribution in [-0.2, 0) is 6.54 Å². The number of rotatable bonds is 6. The fourth-order valence-corrected chi connectivity index (χ4v) is 2.19. The van der Waals surface area contributed by atoms with Gasteiger partial charge in [0.05, 0.1) is 5.69 Å². The summed E-state index contributed by atoms with van der Waals surface area (Å²) in [5.41, 5.74) is 1.08. The van der Waals surface area contributed by atoms with Gasteiger partial charge in [0.15, 0.2) is 0 Å². The molecule has 0 aromatic carbocycles. The maximum Gasteiger partial charge on any atom is 0.0541 e. The lowest BCUT2D eigenvalue weighted by Gasteiger charge is -2.04. The Labute approximate surface area is 106 Å². The summed E-state index contributed by atoms with van der Waals surface area (Å²) in [5.74, 6) is 1.05. The van der Waals surface area contributed by atoms with Gasteiger partial charge in [0.2, 0.25) is 0 Å². The monoisotopic (exact) mass is 245 g/mol. The molecule has 0 unspecified atom stereocenters. The second-order valence-electron chi connectivity index (χ2n) is 3.53. The van der Waals surface area contributed by atoms with Crippen LogP contribution in [0.3, 0.4) is 0 Å². The van der Waals surface area contributed by atoms with Crippen molar-refractivity contribution in [2.45, 2.75) is 11.4 Å². The van der Waals surface area contributed by atoms with Crippen molar-refractivity contribution < 1.29 is 0 Å².